The number of carbonyl (C=O) groups excluding carboxylic acids is 2. The van der Waals surface area contributed by atoms with Crippen LogP contribution in [0.1, 0.15) is 39.5 Å². The zero-order chi connectivity index (χ0) is 14.9. The molecule has 20 heavy (non-hydrogen) atoms. The molecular weight excluding hydrogens is 260 g/mol. The summed E-state index contributed by atoms with van der Waals surface area (Å²) in [5.74, 6) is -1.27. The average Bonchev–Trinajstić information content (AvgIpc) is 3.05. The van der Waals surface area contributed by atoms with Gasteiger partial charge in [0.25, 0.3) is 0 Å². The summed E-state index contributed by atoms with van der Waals surface area (Å²) in [7, 11) is 0. The highest BCUT2D eigenvalue weighted by atomic mass is 16.6. The summed E-state index contributed by atoms with van der Waals surface area (Å²) in [5, 5.41) is 8.95. The first kappa shape index (κ1) is 14.9. The molecule has 2 fully saturated rings. The molecule has 0 radical (unpaired) electrons. The maximum Gasteiger partial charge on any atom is 0.306 e. The van der Waals surface area contributed by atoms with Crippen LogP contribution in [0, 0.1) is 11.8 Å². The topological polar surface area (TPSA) is 84.0 Å². The van der Waals surface area contributed by atoms with Gasteiger partial charge in [-0.25, -0.2) is 0 Å². The molecule has 1 unspecified atom stereocenters. The van der Waals surface area contributed by atoms with Crippen LogP contribution >= 0.6 is 0 Å². The van der Waals surface area contributed by atoms with E-state index < -0.39 is 17.7 Å². The van der Waals surface area contributed by atoms with Gasteiger partial charge in [0.15, 0.2) is 5.78 Å². The van der Waals surface area contributed by atoms with Gasteiger partial charge in [0.05, 0.1) is 11.5 Å². The zero-order valence-corrected chi connectivity index (χ0v) is 11.8. The van der Waals surface area contributed by atoms with Gasteiger partial charge in [-0.2, -0.15) is 0 Å². The summed E-state index contributed by atoms with van der Waals surface area (Å²) in [4.78, 5) is 34.0. The highest BCUT2D eigenvalue weighted by molar-refractivity contribution is 6.00. The van der Waals surface area contributed by atoms with Crippen molar-refractivity contribution < 1.29 is 24.2 Å². The summed E-state index contributed by atoms with van der Waals surface area (Å²) < 4.78 is 5.26. The standard InChI is InChI=1S/C15H20O5/c1-15(2)13(20-15)12(17)7-11(8-16)9-3-5-10(6-4-9)14(18)19/h7-10,13H,3-6H2,1-2H3,(H,18,19). The van der Waals surface area contributed by atoms with Crippen LogP contribution in [0.3, 0.4) is 0 Å². The highest BCUT2D eigenvalue weighted by Crippen LogP contribution is 2.37. The molecule has 1 saturated carbocycles. The van der Waals surface area contributed by atoms with E-state index in [1.165, 1.54) is 6.08 Å². The van der Waals surface area contributed by atoms with E-state index in [1.54, 1.807) is 0 Å². The molecule has 0 spiro atoms. The molecule has 1 saturated heterocycles. The van der Waals surface area contributed by atoms with Gasteiger partial charge in [-0.3, -0.25) is 14.4 Å². The molecule has 2 rings (SSSR count). The fourth-order valence-electron chi connectivity index (χ4n) is 2.83. The van der Waals surface area contributed by atoms with Crippen LogP contribution in [0.4, 0.5) is 0 Å². The van der Waals surface area contributed by atoms with Crippen molar-refractivity contribution in [3.8, 4) is 0 Å². The predicted molar refractivity (Wildman–Crippen MR) is 71.2 cm³/mol. The van der Waals surface area contributed by atoms with E-state index in [0.717, 1.165) is 6.29 Å². The molecule has 1 N–H and O–H groups in total. The molecule has 1 atom stereocenters. The van der Waals surface area contributed by atoms with Gasteiger partial charge in [-0.15, -0.1) is 0 Å². The summed E-state index contributed by atoms with van der Waals surface area (Å²) in [6.45, 7) is 3.67. The fourth-order valence-corrected chi connectivity index (χ4v) is 2.83. The second kappa shape index (κ2) is 5.48. The Kier molecular flexibility index (Phi) is 4.09. The maximum atomic E-state index is 12.0. The Balaban J connectivity index is 1.97. The minimum absolute atomic E-state index is 0.00564. The molecule has 5 nitrogen and oxygen atoms in total. The smallest absolute Gasteiger partial charge is 0.306 e. The molecule has 1 heterocycles. The second-order valence-electron chi connectivity index (χ2n) is 6.15. The van der Waals surface area contributed by atoms with Crippen LogP contribution < -0.4 is 0 Å². The zero-order valence-electron chi connectivity index (χ0n) is 11.8. The highest BCUT2D eigenvalue weighted by Gasteiger charge is 2.52. The van der Waals surface area contributed by atoms with Crippen molar-refractivity contribution in [3.63, 3.8) is 0 Å². The van der Waals surface area contributed by atoms with Gasteiger partial charge in [0.2, 0.25) is 0 Å². The summed E-state index contributed by atoms with van der Waals surface area (Å²) in [6, 6.07) is 0. The quantitative estimate of drug-likeness (QED) is 0.471. The number of hydrogen-bond donors (Lipinski definition) is 1. The first-order valence-electron chi connectivity index (χ1n) is 6.96. The molecule has 110 valence electrons. The summed E-state index contributed by atoms with van der Waals surface area (Å²) >= 11 is 0. The van der Waals surface area contributed by atoms with Crippen molar-refractivity contribution in [1.29, 1.82) is 0 Å². The number of carboxylic acids is 1. The van der Waals surface area contributed by atoms with Crippen molar-refractivity contribution in [2.75, 3.05) is 0 Å². The SMILES string of the molecule is CC1(C)OC1C(=O)C=C(C=O)C1CCC(C(=O)O)CC1. The number of aldehydes is 1. The normalized spacial score (nSPS) is 32.5. The number of ketones is 1. The van der Waals surface area contributed by atoms with Crippen LogP contribution in [0.15, 0.2) is 11.6 Å². The number of aliphatic carboxylic acids is 1. The molecule has 0 aromatic heterocycles. The van der Waals surface area contributed by atoms with Crippen LogP contribution in [0.5, 0.6) is 0 Å². The van der Waals surface area contributed by atoms with Crippen molar-refractivity contribution in [1.82, 2.24) is 0 Å². The lowest BCUT2D eigenvalue weighted by molar-refractivity contribution is -0.143. The lowest BCUT2D eigenvalue weighted by Gasteiger charge is -2.26. The number of carbonyl (C=O) groups is 3. The Hall–Kier alpha value is -1.49. The van der Waals surface area contributed by atoms with E-state index >= 15 is 0 Å². The molecule has 1 aliphatic carbocycles. The number of ether oxygens (including phenoxy) is 1. The van der Waals surface area contributed by atoms with Crippen LogP contribution in [-0.2, 0) is 19.1 Å². The number of epoxide rings is 1. The van der Waals surface area contributed by atoms with Crippen molar-refractivity contribution in [2.45, 2.75) is 51.2 Å². The second-order valence-corrected chi connectivity index (χ2v) is 6.15. The van der Waals surface area contributed by atoms with E-state index in [0.29, 0.717) is 31.3 Å². The van der Waals surface area contributed by atoms with E-state index in [-0.39, 0.29) is 17.6 Å². The molecule has 2 aliphatic rings. The van der Waals surface area contributed by atoms with Crippen LogP contribution in [-0.4, -0.2) is 34.9 Å². The van der Waals surface area contributed by atoms with E-state index in [4.69, 9.17) is 9.84 Å². The Bertz CT molecular complexity index is 455. The largest absolute Gasteiger partial charge is 0.481 e. The van der Waals surface area contributed by atoms with E-state index in [1.807, 2.05) is 13.8 Å². The number of allylic oxidation sites excluding steroid dienone is 1. The molecule has 0 aromatic rings. The maximum absolute atomic E-state index is 12.0. The molecule has 0 bridgehead atoms. The molecule has 5 heteroatoms. The lowest BCUT2D eigenvalue weighted by Crippen LogP contribution is -2.23. The number of rotatable bonds is 5. The van der Waals surface area contributed by atoms with Gasteiger partial charge in [-0.05, 0) is 57.1 Å². The minimum Gasteiger partial charge on any atom is -0.481 e. The first-order valence-corrected chi connectivity index (χ1v) is 6.96. The Morgan fingerprint density at radius 2 is 1.65 bits per heavy atom. The molecule has 0 aromatic carbocycles. The number of carboxylic acid groups (broad SMARTS) is 1. The summed E-state index contributed by atoms with van der Waals surface area (Å²) in [6.07, 6.45) is 4.06. The third kappa shape index (κ3) is 3.15. The van der Waals surface area contributed by atoms with Gasteiger partial charge >= 0.3 is 5.97 Å². The average molecular weight is 280 g/mol. The lowest BCUT2D eigenvalue weighted by atomic mass is 9.78. The Morgan fingerprint density at radius 1 is 1.15 bits per heavy atom. The van der Waals surface area contributed by atoms with Crippen LogP contribution in [0.2, 0.25) is 0 Å². The molecule has 1 aliphatic heterocycles. The fraction of sp³-hybridized carbons (Fsp3) is 0.667. The third-order valence-electron chi connectivity index (χ3n) is 4.25. The predicted octanol–water partition coefficient (Wildman–Crippen LogP) is 1.75. The monoisotopic (exact) mass is 280 g/mol. The van der Waals surface area contributed by atoms with Gasteiger partial charge < -0.3 is 9.84 Å². The van der Waals surface area contributed by atoms with Crippen molar-refractivity contribution in [3.05, 3.63) is 11.6 Å². The van der Waals surface area contributed by atoms with Crippen molar-refractivity contribution in [2.24, 2.45) is 11.8 Å². The van der Waals surface area contributed by atoms with Gasteiger partial charge in [0, 0.05) is 0 Å². The third-order valence-corrected chi connectivity index (χ3v) is 4.25. The summed E-state index contributed by atoms with van der Waals surface area (Å²) in [5.41, 5.74) is 0.0490. The molecule has 0 amide bonds. The first-order chi connectivity index (χ1) is 9.35. The Morgan fingerprint density at radius 3 is 2.05 bits per heavy atom. The number of hydrogen-bond acceptors (Lipinski definition) is 4. The minimum atomic E-state index is -0.774. The van der Waals surface area contributed by atoms with Gasteiger partial charge in [-0.1, -0.05) is 0 Å². The van der Waals surface area contributed by atoms with Gasteiger partial charge in [0.1, 0.15) is 12.4 Å². The van der Waals surface area contributed by atoms with Crippen molar-refractivity contribution >= 4 is 18.0 Å². The van der Waals surface area contributed by atoms with E-state index in [9.17, 15) is 14.4 Å². The Labute approximate surface area is 118 Å². The van der Waals surface area contributed by atoms with Crippen LogP contribution in [0.25, 0.3) is 0 Å². The van der Waals surface area contributed by atoms with E-state index in [2.05, 4.69) is 0 Å². The molecular formula is C15H20O5.